The van der Waals surface area contributed by atoms with Gasteiger partial charge in [0.15, 0.2) is 6.61 Å². The predicted molar refractivity (Wildman–Crippen MR) is 112 cm³/mol. The van der Waals surface area contributed by atoms with E-state index in [1.165, 1.54) is 5.56 Å². The molecule has 1 heterocycles. The molecule has 0 fully saturated rings. The van der Waals surface area contributed by atoms with Crippen LogP contribution in [0.5, 0.6) is 17.2 Å². The van der Waals surface area contributed by atoms with Crippen molar-refractivity contribution in [2.24, 2.45) is 0 Å². The molecule has 6 heteroatoms. The molecule has 2 aromatic rings. The zero-order valence-electron chi connectivity index (χ0n) is 16.7. The van der Waals surface area contributed by atoms with Crippen LogP contribution in [0.2, 0.25) is 0 Å². The summed E-state index contributed by atoms with van der Waals surface area (Å²) >= 11 is 3.50. The second kappa shape index (κ2) is 8.43. The SMILES string of the molecule is CCc1ccc(OCC(=O)NC2CC(C)(C)Oc3ccc(OC)cc32)c(Br)c1. The first-order valence-electron chi connectivity index (χ1n) is 9.39. The van der Waals surface area contributed by atoms with E-state index >= 15 is 0 Å². The summed E-state index contributed by atoms with van der Waals surface area (Å²) in [5, 5.41) is 3.08. The molecule has 1 aliphatic heterocycles. The molecular formula is C22H26BrNO4. The van der Waals surface area contributed by atoms with Crippen molar-refractivity contribution < 1.29 is 19.0 Å². The number of halogens is 1. The quantitative estimate of drug-likeness (QED) is 0.689. The summed E-state index contributed by atoms with van der Waals surface area (Å²) in [5.41, 5.74) is 1.75. The average molecular weight is 448 g/mol. The number of nitrogens with one attached hydrogen (secondary N) is 1. The lowest BCUT2D eigenvalue weighted by atomic mass is 9.89. The Bertz CT molecular complexity index is 866. The van der Waals surface area contributed by atoms with Crippen LogP contribution in [0.15, 0.2) is 40.9 Å². The van der Waals surface area contributed by atoms with Crippen LogP contribution >= 0.6 is 15.9 Å². The molecule has 2 aromatic carbocycles. The maximum atomic E-state index is 12.6. The van der Waals surface area contributed by atoms with Gasteiger partial charge in [0.25, 0.3) is 5.91 Å². The molecule has 1 N–H and O–H groups in total. The van der Waals surface area contributed by atoms with Crippen molar-refractivity contribution in [1.82, 2.24) is 5.32 Å². The smallest absolute Gasteiger partial charge is 0.258 e. The lowest BCUT2D eigenvalue weighted by Gasteiger charge is -2.38. The fourth-order valence-corrected chi connectivity index (χ4v) is 3.89. The second-order valence-corrected chi connectivity index (χ2v) is 8.35. The molecule has 0 bridgehead atoms. The Kier molecular flexibility index (Phi) is 6.18. The summed E-state index contributed by atoms with van der Waals surface area (Å²) in [6.07, 6.45) is 1.61. The van der Waals surface area contributed by atoms with E-state index in [1.807, 2.05) is 50.2 Å². The highest BCUT2D eigenvalue weighted by molar-refractivity contribution is 9.10. The van der Waals surface area contributed by atoms with E-state index in [2.05, 4.69) is 28.2 Å². The van der Waals surface area contributed by atoms with Gasteiger partial charge >= 0.3 is 0 Å². The molecule has 3 rings (SSSR count). The third-order valence-electron chi connectivity index (χ3n) is 4.77. The summed E-state index contributed by atoms with van der Waals surface area (Å²) in [6, 6.07) is 11.4. The molecule has 0 aliphatic carbocycles. The van der Waals surface area contributed by atoms with Gasteiger partial charge in [-0.2, -0.15) is 0 Å². The third-order valence-corrected chi connectivity index (χ3v) is 5.39. The Morgan fingerprint density at radius 1 is 1.29 bits per heavy atom. The van der Waals surface area contributed by atoms with Crippen molar-refractivity contribution in [3.05, 3.63) is 52.0 Å². The topological polar surface area (TPSA) is 56.8 Å². The number of benzene rings is 2. The van der Waals surface area contributed by atoms with Crippen LogP contribution in [0.4, 0.5) is 0 Å². The molecule has 28 heavy (non-hydrogen) atoms. The van der Waals surface area contributed by atoms with E-state index in [-0.39, 0.29) is 24.2 Å². The largest absolute Gasteiger partial charge is 0.497 e. The summed E-state index contributed by atoms with van der Waals surface area (Å²) in [6.45, 7) is 6.07. The highest BCUT2D eigenvalue weighted by atomic mass is 79.9. The molecule has 1 amide bonds. The van der Waals surface area contributed by atoms with Crippen molar-refractivity contribution in [3.8, 4) is 17.2 Å². The molecule has 150 valence electrons. The number of aryl methyl sites for hydroxylation is 1. The zero-order valence-corrected chi connectivity index (χ0v) is 18.3. The number of hydrogen-bond donors (Lipinski definition) is 1. The number of carbonyl (C=O) groups is 1. The van der Waals surface area contributed by atoms with Crippen molar-refractivity contribution in [2.45, 2.75) is 45.3 Å². The average Bonchev–Trinajstić information content (AvgIpc) is 2.65. The number of ether oxygens (including phenoxy) is 3. The molecule has 1 unspecified atom stereocenters. The number of fused-ring (bicyclic) bond motifs is 1. The highest BCUT2D eigenvalue weighted by Gasteiger charge is 2.34. The predicted octanol–water partition coefficient (Wildman–Crippen LogP) is 4.82. The Morgan fingerprint density at radius 3 is 2.75 bits per heavy atom. The van der Waals surface area contributed by atoms with Crippen molar-refractivity contribution in [3.63, 3.8) is 0 Å². The van der Waals surface area contributed by atoms with Gasteiger partial charge in [-0.15, -0.1) is 0 Å². The summed E-state index contributed by atoms with van der Waals surface area (Å²) < 4.78 is 17.9. The highest BCUT2D eigenvalue weighted by Crippen LogP contribution is 2.41. The lowest BCUT2D eigenvalue weighted by Crippen LogP contribution is -2.42. The molecule has 1 atom stereocenters. The number of hydrogen-bond acceptors (Lipinski definition) is 4. The first kappa shape index (κ1) is 20.5. The minimum atomic E-state index is -0.376. The van der Waals surface area contributed by atoms with Gasteiger partial charge in [0.2, 0.25) is 0 Å². The zero-order chi connectivity index (χ0) is 20.3. The fourth-order valence-electron chi connectivity index (χ4n) is 3.35. The van der Waals surface area contributed by atoms with E-state index in [4.69, 9.17) is 14.2 Å². The summed E-state index contributed by atoms with van der Waals surface area (Å²) in [4.78, 5) is 12.6. The van der Waals surface area contributed by atoms with Gasteiger partial charge in [0.05, 0.1) is 17.6 Å². The first-order valence-corrected chi connectivity index (χ1v) is 10.2. The normalized spacial score (nSPS) is 17.2. The molecule has 0 spiro atoms. The van der Waals surface area contributed by atoms with Gasteiger partial charge in [-0.3, -0.25) is 4.79 Å². The maximum Gasteiger partial charge on any atom is 0.258 e. The standard InChI is InChI=1S/C22H26BrNO4/c1-5-14-6-8-20(17(23)10-14)27-13-21(25)24-18-12-22(2,3)28-19-9-7-15(26-4)11-16(18)19/h6-11,18H,5,12-13H2,1-4H3,(H,24,25). The van der Waals surface area contributed by atoms with E-state index < -0.39 is 0 Å². The van der Waals surface area contributed by atoms with E-state index in [0.29, 0.717) is 12.2 Å². The Hall–Kier alpha value is -2.21. The van der Waals surface area contributed by atoms with Crippen molar-refractivity contribution >= 4 is 21.8 Å². The van der Waals surface area contributed by atoms with Crippen LogP contribution in [0.1, 0.15) is 44.4 Å². The van der Waals surface area contributed by atoms with Crippen LogP contribution in [-0.2, 0) is 11.2 Å². The molecule has 5 nitrogen and oxygen atoms in total. The van der Waals surface area contributed by atoms with Gasteiger partial charge in [0, 0.05) is 12.0 Å². The molecule has 1 aliphatic rings. The van der Waals surface area contributed by atoms with Gasteiger partial charge in [-0.25, -0.2) is 0 Å². The molecule has 0 saturated heterocycles. The van der Waals surface area contributed by atoms with Gasteiger partial charge in [-0.1, -0.05) is 13.0 Å². The number of methoxy groups -OCH3 is 1. The summed E-state index contributed by atoms with van der Waals surface area (Å²) in [5.74, 6) is 1.98. The minimum Gasteiger partial charge on any atom is -0.497 e. The number of rotatable bonds is 6. The van der Waals surface area contributed by atoms with Gasteiger partial charge < -0.3 is 19.5 Å². The Morgan fingerprint density at radius 2 is 2.07 bits per heavy atom. The minimum absolute atomic E-state index is 0.0544. The second-order valence-electron chi connectivity index (χ2n) is 7.50. The van der Waals surface area contributed by atoms with E-state index in [1.54, 1.807) is 7.11 Å². The van der Waals surface area contributed by atoms with E-state index in [0.717, 1.165) is 28.0 Å². The van der Waals surface area contributed by atoms with Crippen LogP contribution in [0, 0.1) is 0 Å². The number of carbonyl (C=O) groups excluding carboxylic acids is 1. The van der Waals surface area contributed by atoms with Crippen LogP contribution in [0.3, 0.4) is 0 Å². The Labute approximate surface area is 174 Å². The van der Waals surface area contributed by atoms with Gasteiger partial charge in [-0.05, 0) is 72.1 Å². The van der Waals surface area contributed by atoms with Crippen LogP contribution < -0.4 is 19.5 Å². The first-order chi connectivity index (χ1) is 13.3. The number of amides is 1. The van der Waals surface area contributed by atoms with Crippen LogP contribution in [-0.4, -0.2) is 25.2 Å². The van der Waals surface area contributed by atoms with Gasteiger partial charge in [0.1, 0.15) is 22.8 Å². The molecule has 0 radical (unpaired) electrons. The lowest BCUT2D eigenvalue weighted by molar-refractivity contribution is -0.124. The Balaban J connectivity index is 1.70. The monoisotopic (exact) mass is 447 g/mol. The molecular weight excluding hydrogens is 422 g/mol. The molecule has 0 saturated carbocycles. The maximum absolute atomic E-state index is 12.6. The van der Waals surface area contributed by atoms with Crippen molar-refractivity contribution in [1.29, 1.82) is 0 Å². The molecule has 0 aromatic heterocycles. The third kappa shape index (κ3) is 4.79. The van der Waals surface area contributed by atoms with Crippen molar-refractivity contribution in [2.75, 3.05) is 13.7 Å². The van der Waals surface area contributed by atoms with Crippen LogP contribution in [0.25, 0.3) is 0 Å². The fraction of sp³-hybridized carbons (Fsp3) is 0.409. The summed E-state index contributed by atoms with van der Waals surface area (Å²) in [7, 11) is 1.62. The van der Waals surface area contributed by atoms with E-state index in [9.17, 15) is 4.79 Å².